The number of hydrogen-bond donors (Lipinski definition) is 3. The molecule has 0 aliphatic heterocycles. The highest BCUT2D eigenvalue weighted by atomic mass is 32.2. The molecule has 1 aromatic rings. The molecular formula is C8H14N4O3S2. The second-order valence-electron chi connectivity index (χ2n) is 3.22. The lowest BCUT2D eigenvalue weighted by atomic mass is 10.3. The molecule has 9 heteroatoms. The zero-order valence-electron chi connectivity index (χ0n) is 9.47. The van der Waals surface area contributed by atoms with Gasteiger partial charge in [-0.3, -0.25) is 0 Å². The molecular weight excluding hydrogens is 264 g/mol. The summed E-state index contributed by atoms with van der Waals surface area (Å²) >= 11 is 1.12. The van der Waals surface area contributed by atoms with Gasteiger partial charge < -0.3 is 5.21 Å². The van der Waals surface area contributed by atoms with Crippen LogP contribution in [-0.2, 0) is 10.2 Å². The minimum Gasteiger partial charge on any atom is -0.411 e. The van der Waals surface area contributed by atoms with E-state index in [1.54, 1.807) is 12.3 Å². The molecule has 0 aromatic carbocycles. The molecule has 0 amide bonds. The molecule has 3 N–H and O–H groups in total. The maximum absolute atomic E-state index is 11.5. The Bertz CT molecular complexity index is 495. The Morgan fingerprint density at radius 2 is 2.35 bits per heavy atom. The van der Waals surface area contributed by atoms with E-state index in [0.29, 0.717) is 24.4 Å². The zero-order valence-corrected chi connectivity index (χ0v) is 11.1. The van der Waals surface area contributed by atoms with E-state index in [4.69, 9.17) is 5.21 Å². The summed E-state index contributed by atoms with van der Waals surface area (Å²) in [6.07, 6.45) is 0.709. The predicted molar refractivity (Wildman–Crippen MR) is 66.9 cm³/mol. The minimum absolute atomic E-state index is 0.228. The van der Waals surface area contributed by atoms with Crippen LogP contribution in [0, 0.1) is 0 Å². The predicted octanol–water partition coefficient (Wildman–Crippen LogP) is 0.998. The number of aromatic nitrogens is 1. The molecule has 0 unspecified atom stereocenters. The Labute approximate surface area is 104 Å². The first kappa shape index (κ1) is 13.9. The molecule has 1 rings (SSSR count). The summed E-state index contributed by atoms with van der Waals surface area (Å²) in [7, 11) is -3.57. The maximum Gasteiger partial charge on any atom is 0.300 e. The Balaban J connectivity index is 2.73. The molecule has 0 fully saturated rings. The SMILES string of the molecule is CCCNS(=O)(=O)Nc1nc(C(C)=NO)cs1. The lowest BCUT2D eigenvalue weighted by molar-refractivity contribution is 0.319. The van der Waals surface area contributed by atoms with Gasteiger partial charge in [-0.2, -0.15) is 13.1 Å². The molecule has 96 valence electrons. The van der Waals surface area contributed by atoms with Gasteiger partial charge in [0.15, 0.2) is 5.13 Å². The van der Waals surface area contributed by atoms with E-state index >= 15 is 0 Å². The lowest BCUT2D eigenvalue weighted by Crippen LogP contribution is -2.30. The van der Waals surface area contributed by atoms with E-state index in [1.165, 1.54) is 0 Å². The van der Waals surface area contributed by atoms with Crippen molar-refractivity contribution in [2.75, 3.05) is 11.3 Å². The second kappa shape index (κ2) is 5.94. The molecule has 0 saturated heterocycles. The molecule has 0 bridgehead atoms. The maximum atomic E-state index is 11.5. The second-order valence-corrected chi connectivity index (χ2v) is 5.58. The number of anilines is 1. The van der Waals surface area contributed by atoms with Crippen LogP contribution < -0.4 is 9.44 Å². The molecule has 1 aromatic heterocycles. The monoisotopic (exact) mass is 278 g/mol. The van der Waals surface area contributed by atoms with Gasteiger partial charge in [0.2, 0.25) is 0 Å². The first-order valence-corrected chi connectivity index (χ1v) is 7.26. The third-order valence-corrected chi connectivity index (χ3v) is 3.72. The number of rotatable bonds is 6. The van der Waals surface area contributed by atoms with E-state index in [9.17, 15) is 8.42 Å². The number of oxime groups is 1. The van der Waals surface area contributed by atoms with E-state index in [2.05, 4.69) is 19.6 Å². The third-order valence-electron chi connectivity index (χ3n) is 1.79. The molecule has 0 aliphatic carbocycles. The van der Waals surface area contributed by atoms with Crippen LogP contribution in [0.25, 0.3) is 0 Å². The molecule has 17 heavy (non-hydrogen) atoms. The van der Waals surface area contributed by atoms with E-state index in [-0.39, 0.29) is 5.13 Å². The smallest absolute Gasteiger partial charge is 0.300 e. The summed E-state index contributed by atoms with van der Waals surface area (Å²) in [6.45, 7) is 3.80. The fraction of sp³-hybridized carbons (Fsp3) is 0.500. The molecule has 0 atom stereocenters. The largest absolute Gasteiger partial charge is 0.411 e. The van der Waals surface area contributed by atoms with E-state index in [1.807, 2.05) is 6.92 Å². The van der Waals surface area contributed by atoms with Crippen molar-refractivity contribution in [1.29, 1.82) is 0 Å². The molecule has 0 saturated carbocycles. The highest BCUT2D eigenvalue weighted by Crippen LogP contribution is 2.16. The normalized spacial score (nSPS) is 12.7. The van der Waals surface area contributed by atoms with Gasteiger partial charge in [-0.05, 0) is 13.3 Å². The van der Waals surface area contributed by atoms with Crippen molar-refractivity contribution in [3.63, 3.8) is 0 Å². The lowest BCUT2D eigenvalue weighted by Gasteiger charge is -2.04. The van der Waals surface area contributed by atoms with Crippen molar-refractivity contribution in [2.45, 2.75) is 20.3 Å². The first-order valence-electron chi connectivity index (χ1n) is 4.90. The summed E-state index contributed by atoms with van der Waals surface area (Å²) in [5.41, 5.74) is 0.763. The van der Waals surface area contributed by atoms with Gasteiger partial charge in [-0.25, -0.2) is 9.71 Å². The highest BCUT2D eigenvalue weighted by Gasteiger charge is 2.12. The summed E-state index contributed by atoms with van der Waals surface area (Å²) in [6, 6.07) is 0. The number of thiazole rings is 1. The van der Waals surface area contributed by atoms with Crippen LogP contribution in [0.2, 0.25) is 0 Å². The van der Waals surface area contributed by atoms with Gasteiger partial charge in [-0.1, -0.05) is 12.1 Å². The molecule has 0 radical (unpaired) electrons. The van der Waals surface area contributed by atoms with Gasteiger partial charge in [0.1, 0.15) is 11.4 Å². The van der Waals surface area contributed by atoms with Crippen LogP contribution in [0.15, 0.2) is 10.5 Å². The summed E-state index contributed by atoms with van der Waals surface area (Å²) in [4.78, 5) is 3.97. The van der Waals surface area contributed by atoms with Gasteiger partial charge in [-0.15, -0.1) is 11.3 Å². The van der Waals surface area contributed by atoms with Crippen LogP contribution in [0.4, 0.5) is 5.13 Å². The minimum atomic E-state index is -3.57. The Hall–Kier alpha value is -1.19. The fourth-order valence-electron chi connectivity index (χ4n) is 0.925. The Morgan fingerprint density at radius 3 is 2.94 bits per heavy atom. The Morgan fingerprint density at radius 1 is 1.65 bits per heavy atom. The van der Waals surface area contributed by atoms with Crippen LogP contribution in [0.5, 0.6) is 0 Å². The average molecular weight is 278 g/mol. The Kier molecular flexibility index (Phi) is 4.85. The van der Waals surface area contributed by atoms with Gasteiger partial charge in [0, 0.05) is 11.9 Å². The standard InChI is InChI=1S/C8H14N4O3S2/c1-3-4-9-17(14,15)12-8-10-7(5-16-8)6(2)11-13/h5,9,13H,3-4H2,1-2H3,(H,10,12). The highest BCUT2D eigenvalue weighted by molar-refractivity contribution is 7.91. The van der Waals surface area contributed by atoms with Crippen molar-refractivity contribution in [1.82, 2.24) is 9.71 Å². The molecule has 1 heterocycles. The van der Waals surface area contributed by atoms with Crippen molar-refractivity contribution in [3.05, 3.63) is 11.1 Å². The van der Waals surface area contributed by atoms with Crippen LogP contribution in [0.3, 0.4) is 0 Å². The van der Waals surface area contributed by atoms with Gasteiger partial charge in [0.25, 0.3) is 0 Å². The molecule has 7 nitrogen and oxygen atoms in total. The molecule has 0 aliphatic rings. The summed E-state index contributed by atoms with van der Waals surface area (Å²) in [5, 5.41) is 13.4. The quantitative estimate of drug-likeness (QED) is 0.410. The molecule has 0 spiro atoms. The van der Waals surface area contributed by atoms with E-state index in [0.717, 1.165) is 11.3 Å². The van der Waals surface area contributed by atoms with Crippen molar-refractivity contribution < 1.29 is 13.6 Å². The summed E-state index contributed by atoms with van der Waals surface area (Å²) in [5.74, 6) is 0. The number of hydrogen-bond acceptors (Lipinski definition) is 6. The van der Waals surface area contributed by atoms with Gasteiger partial charge in [0.05, 0.1) is 0 Å². The topological polar surface area (TPSA) is 104 Å². The van der Waals surface area contributed by atoms with E-state index < -0.39 is 10.2 Å². The van der Waals surface area contributed by atoms with Gasteiger partial charge >= 0.3 is 10.2 Å². The van der Waals surface area contributed by atoms with Crippen molar-refractivity contribution in [3.8, 4) is 0 Å². The van der Waals surface area contributed by atoms with Crippen LogP contribution in [0.1, 0.15) is 26.0 Å². The zero-order chi connectivity index (χ0) is 12.9. The number of nitrogens with zero attached hydrogens (tertiary/aromatic N) is 2. The number of nitrogens with one attached hydrogen (secondary N) is 2. The fourth-order valence-corrected chi connectivity index (χ4v) is 2.87. The van der Waals surface area contributed by atoms with Crippen molar-refractivity contribution in [2.24, 2.45) is 5.16 Å². The average Bonchev–Trinajstić information content (AvgIpc) is 2.73. The van der Waals surface area contributed by atoms with Crippen molar-refractivity contribution >= 4 is 32.4 Å². The van der Waals surface area contributed by atoms with Crippen LogP contribution >= 0.6 is 11.3 Å². The third kappa shape index (κ3) is 4.29. The van der Waals surface area contributed by atoms with Crippen LogP contribution in [-0.4, -0.2) is 30.9 Å². The summed E-state index contributed by atoms with van der Waals surface area (Å²) < 4.78 is 27.6. The first-order chi connectivity index (χ1) is 7.98.